The van der Waals surface area contributed by atoms with E-state index in [0.717, 1.165) is 31.5 Å². The molecule has 0 unspecified atom stereocenters. The van der Waals surface area contributed by atoms with Crippen molar-refractivity contribution in [3.05, 3.63) is 29.6 Å². The van der Waals surface area contributed by atoms with Crippen LogP contribution < -0.4 is 10.6 Å². The highest BCUT2D eigenvalue weighted by atomic mass is 19.2. The van der Waals surface area contributed by atoms with Gasteiger partial charge in [0.25, 0.3) is 0 Å². The Balaban J connectivity index is 2.72. The van der Waals surface area contributed by atoms with Crippen molar-refractivity contribution in [2.24, 2.45) is 4.99 Å². The second-order valence-corrected chi connectivity index (χ2v) is 5.22. The van der Waals surface area contributed by atoms with Gasteiger partial charge in [0, 0.05) is 20.1 Å². The number of aliphatic imine (C=N–C) groups is 1. The second-order valence-electron chi connectivity index (χ2n) is 5.22. The molecule has 1 aromatic rings. The summed E-state index contributed by atoms with van der Waals surface area (Å²) < 4.78 is 39.5. The van der Waals surface area contributed by atoms with Gasteiger partial charge >= 0.3 is 0 Å². The van der Waals surface area contributed by atoms with E-state index >= 15 is 0 Å². The molecule has 0 saturated carbocycles. The monoisotopic (exact) mass is 344 g/mol. The molecule has 1 amide bonds. The minimum atomic E-state index is -1.62. The Labute approximate surface area is 139 Å². The predicted molar refractivity (Wildman–Crippen MR) is 88.5 cm³/mol. The van der Waals surface area contributed by atoms with E-state index in [0.29, 0.717) is 12.5 Å². The van der Waals surface area contributed by atoms with Crippen molar-refractivity contribution in [2.45, 2.75) is 26.7 Å². The molecule has 2 N–H and O–H groups in total. The van der Waals surface area contributed by atoms with Gasteiger partial charge in [-0.05, 0) is 25.5 Å². The van der Waals surface area contributed by atoms with Gasteiger partial charge in [0.15, 0.2) is 23.4 Å². The number of nitrogens with zero attached hydrogens (tertiary/aromatic N) is 2. The number of hydrogen-bond acceptors (Lipinski definition) is 2. The molecule has 24 heavy (non-hydrogen) atoms. The lowest BCUT2D eigenvalue weighted by molar-refractivity contribution is -0.114. The van der Waals surface area contributed by atoms with Gasteiger partial charge in [0.2, 0.25) is 5.91 Å². The number of carbonyl (C=O) groups is 1. The average Bonchev–Trinajstić information content (AvgIpc) is 2.57. The molecule has 5 nitrogen and oxygen atoms in total. The highest BCUT2D eigenvalue weighted by Gasteiger charge is 2.15. The quantitative estimate of drug-likeness (QED) is 0.454. The van der Waals surface area contributed by atoms with Crippen LogP contribution in [0.15, 0.2) is 17.1 Å². The molecule has 0 aliphatic heterocycles. The van der Waals surface area contributed by atoms with Gasteiger partial charge in [-0.3, -0.25) is 4.79 Å². The Hall–Kier alpha value is -2.25. The lowest BCUT2D eigenvalue weighted by atomic mass is 10.3. The van der Waals surface area contributed by atoms with Gasteiger partial charge in [-0.25, -0.2) is 18.2 Å². The molecule has 0 spiro atoms. The van der Waals surface area contributed by atoms with Crippen molar-refractivity contribution in [1.29, 1.82) is 0 Å². The van der Waals surface area contributed by atoms with Crippen LogP contribution in [0.25, 0.3) is 0 Å². The van der Waals surface area contributed by atoms with Crippen molar-refractivity contribution in [2.75, 3.05) is 32.0 Å². The molecule has 0 aliphatic carbocycles. The van der Waals surface area contributed by atoms with Crippen LogP contribution in [0.5, 0.6) is 0 Å². The van der Waals surface area contributed by atoms with Gasteiger partial charge < -0.3 is 15.5 Å². The first-order valence-electron chi connectivity index (χ1n) is 7.83. The van der Waals surface area contributed by atoms with Crippen molar-refractivity contribution in [3.8, 4) is 0 Å². The van der Waals surface area contributed by atoms with Gasteiger partial charge in [0.05, 0.1) is 5.69 Å². The number of amides is 1. The summed E-state index contributed by atoms with van der Waals surface area (Å²) in [6, 6.07) is 1.72. The van der Waals surface area contributed by atoms with Crippen LogP contribution in [0.3, 0.4) is 0 Å². The summed E-state index contributed by atoms with van der Waals surface area (Å²) in [5.74, 6) is -4.44. The molecular weight excluding hydrogens is 321 g/mol. The average molecular weight is 344 g/mol. The third kappa shape index (κ3) is 5.75. The van der Waals surface area contributed by atoms with E-state index in [2.05, 4.69) is 22.5 Å². The first kappa shape index (κ1) is 19.8. The van der Waals surface area contributed by atoms with Crippen molar-refractivity contribution in [1.82, 2.24) is 10.2 Å². The fourth-order valence-corrected chi connectivity index (χ4v) is 1.93. The third-order valence-electron chi connectivity index (χ3n) is 3.23. The minimum Gasteiger partial charge on any atom is -0.357 e. The molecule has 0 saturated heterocycles. The number of hydrogen-bond donors (Lipinski definition) is 2. The smallest absolute Gasteiger partial charge is 0.246 e. The normalized spacial score (nSPS) is 11.3. The van der Waals surface area contributed by atoms with Crippen LogP contribution in [-0.4, -0.2) is 43.4 Å². The van der Waals surface area contributed by atoms with Crippen LogP contribution in [0.4, 0.5) is 18.9 Å². The summed E-state index contributed by atoms with van der Waals surface area (Å²) in [5.41, 5.74) is -0.418. The predicted octanol–water partition coefficient (Wildman–Crippen LogP) is 2.74. The highest BCUT2D eigenvalue weighted by Crippen LogP contribution is 2.19. The van der Waals surface area contributed by atoms with E-state index in [9.17, 15) is 18.0 Å². The summed E-state index contributed by atoms with van der Waals surface area (Å²) in [6.45, 7) is 5.12. The van der Waals surface area contributed by atoms with Crippen LogP contribution in [0, 0.1) is 17.5 Å². The van der Waals surface area contributed by atoms with E-state index in [4.69, 9.17) is 0 Å². The standard InChI is InChI=1S/C16H23F3N4O/c1-4-6-9-23(3)16(20-5-2)21-10-13(24)22-12-8-7-11(17)14(18)15(12)19/h7-8H,4-6,9-10H2,1-3H3,(H,20,21)(H,22,24). The molecule has 134 valence electrons. The summed E-state index contributed by atoms with van der Waals surface area (Å²) >= 11 is 0. The highest BCUT2D eigenvalue weighted by molar-refractivity contribution is 5.94. The Morgan fingerprint density at radius 2 is 1.92 bits per heavy atom. The molecule has 0 aliphatic rings. The fourth-order valence-electron chi connectivity index (χ4n) is 1.93. The van der Waals surface area contributed by atoms with Crippen LogP contribution in [0.1, 0.15) is 26.7 Å². The Morgan fingerprint density at radius 1 is 1.21 bits per heavy atom. The zero-order valence-corrected chi connectivity index (χ0v) is 14.1. The number of anilines is 1. The van der Waals surface area contributed by atoms with Crippen molar-refractivity contribution in [3.63, 3.8) is 0 Å². The van der Waals surface area contributed by atoms with E-state index in [1.165, 1.54) is 0 Å². The van der Waals surface area contributed by atoms with Gasteiger partial charge in [-0.2, -0.15) is 0 Å². The van der Waals surface area contributed by atoms with Crippen molar-refractivity contribution >= 4 is 17.6 Å². The summed E-state index contributed by atoms with van der Waals surface area (Å²) in [6.07, 6.45) is 2.01. The van der Waals surface area contributed by atoms with Crippen LogP contribution in [0.2, 0.25) is 0 Å². The van der Waals surface area contributed by atoms with Gasteiger partial charge in [-0.15, -0.1) is 0 Å². The first-order chi connectivity index (χ1) is 11.4. The maximum absolute atomic E-state index is 13.5. The Bertz CT molecular complexity index is 593. The topological polar surface area (TPSA) is 56.7 Å². The number of rotatable bonds is 7. The number of benzene rings is 1. The van der Waals surface area contributed by atoms with Crippen LogP contribution >= 0.6 is 0 Å². The maximum Gasteiger partial charge on any atom is 0.246 e. The number of guanidine groups is 1. The second kappa shape index (κ2) is 9.79. The summed E-state index contributed by atoms with van der Waals surface area (Å²) in [5, 5.41) is 5.23. The van der Waals surface area contributed by atoms with E-state index < -0.39 is 29.0 Å². The summed E-state index contributed by atoms with van der Waals surface area (Å²) in [7, 11) is 1.85. The Kier molecular flexibility index (Phi) is 8.08. The Morgan fingerprint density at radius 3 is 2.54 bits per heavy atom. The zero-order valence-electron chi connectivity index (χ0n) is 14.1. The first-order valence-corrected chi connectivity index (χ1v) is 7.83. The molecule has 0 heterocycles. The SMILES string of the molecule is CCCCN(C)C(=NCC(=O)Nc1ccc(F)c(F)c1F)NCC. The lowest BCUT2D eigenvalue weighted by Gasteiger charge is -2.21. The molecule has 0 bridgehead atoms. The lowest BCUT2D eigenvalue weighted by Crippen LogP contribution is -2.40. The molecule has 0 radical (unpaired) electrons. The van der Waals surface area contributed by atoms with Gasteiger partial charge in [0.1, 0.15) is 6.54 Å². The number of nitrogens with one attached hydrogen (secondary N) is 2. The maximum atomic E-state index is 13.5. The van der Waals surface area contributed by atoms with Crippen molar-refractivity contribution < 1.29 is 18.0 Å². The number of unbranched alkanes of at least 4 members (excludes halogenated alkanes) is 1. The zero-order chi connectivity index (χ0) is 18.1. The summed E-state index contributed by atoms with van der Waals surface area (Å²) in [4.78, 5) is 17.9. The minimum absolute atomic E-state index is 0.267. The van der Waals surface area contributed by atoms with Gasteiger partial charge in [-0.1, -0.05) is 13.3 Å². The van der Waals surface area contributed by atoms with Crippen LogP contribution in [-0.2, 0) is 4.79 Å². The number of halogens is 3. The molecule has 8 heteroatoms. The number of carbonyl (C=O) groups excluding carboxylic acids is 1. The molecule has 1 rings (SSSR count). The van der Waals surface area contributed by atoms with E-state index in [1.807, 2.05) is 18.9 Å². The molecule has 0 fully saturated rings. The largest absolute Gasteiger partial charge is 0.357 e. The van der Waals surface area contributed by atoms with E-state index in [1.54, 1.807) is 0 Å². The third-order valence-corrected chi connectivity index (χ3v) is 3.23. The molecular formula is C16H23F3N4O. The molecule has 0 aromatic heterocycles. The molecule has 0 atom stereocenters. The van der Waals surface area contributed by atoms with E-state index in [-0.39, 0.29) is 6.54 Å². The molecule has 1 aromatic carbocycles. The fraction of sp³-hybridized carbons (Fsp3) is 0.500.